The van der Waals surface area contributed by atoms with Crippen molar-refractivity contribution in [1.82, 2.24) is 4.90 Å². The molecule has 0 amide bonds. The van der Waals surface area contributed by atoms with Crippen molar-refractivity contribution in [2.24, 2.45) is 0 Å². The molecule has 8 heteroatoms. The molecular formula is C27H28F3NO4. The Balaban J connectivity index is 1.40. The summed E-state index contributed by atoms with van der Waals surface area (Å²) in [5, 5.41) is 0. The van der Waals surface area contributed by atoms with Crippen molar-refractivity contribution in [1.29, 1.82) is 0 Å². The first-order valence-electron chi connectivity index (χ1n) is 12.0. The highest BCUT2D eigenvalue weighted by Crippen LogP contribution is 2.44. The number of halogens is 3. The average Bonchev–Trinajstić information content (AvgIpc) is 3.43. The molecule has 0 radical (unpaired) electrons. The van der Waals surface area contributed by atoms with E-state index < -0.39 is 17.7 Å². The third kappa shape index (κ3) is 4.89. The fourth-order valence-electron chi connectivity index (χ4n) is 5.33. The molecule has 1 fully saturated rings. The number of carbonyl (C=O) groups is 1. The van der Waals surface area contributed by atoms with E-state index in [1.54, 1.807) is 18.2 Å². The molecule has 0 spiro atoms. The Kier molecular flexibility index (Phi) is 6.49. The summed E-state index contributed by atoms with van der Waals surface area (Å²) in [6.07, 6.45) is 1.06. The number of rotatable bonds is 5. The molecule has 5 nitrogen and oxygen atoms in total. The first kappa shape index (κ1) is 23.7. The van der Waals surface area contributed by atoms with E-state index in [1.165, 1.54) is 19.3 Å². The maximum absolute atomic E-state index is 13.9. The van der Waals surface area contributed by atoms with Crippen LogP contribution in [0.15, 0.2) is 36.4 Å². The molecule has 3 aliphatic rings. The third-order valence-electron chi connectivity index (χ3n) is 7.06. The van der Waals surface area contributed by atoms with Crippen LogP contribution in [-0.4, -0.2) is 37.7 Å². The summed E-state index contributed by atoms with van der Waals surface area (Å²) in [4.78, 5) is 13.7. The van der Waals surface area contributed by atoms with Crippen molar-refractivity contribution in [2.75, 3.05) is 26.8 Å². The number of methoxy groups -OCH3 is 1. The van der Waals surface area contributed by atoms with Crippen LogP contribution in [0.3, 0.4) is 0 Å². The molecule has 2 heterocycles. The third-order valence-corrected chi connectivity index (χ3v) is 7.06. The van der Waals surface area contributed by atoms with Gasteiger partial charge in [-0.3, -0.25) is 4.90 Å². The summed E-state index contributed by atoms with van der Waals surface area (Å²) in [5.41, 5.74) is 3.00. The molecule has 2 aromatic carbocycles. The summed E-state index contributed by atoms with van der Waals surface area (Å²) in [5.74, 6) is 0.741. The highest BCUT2D eigenvalue weighted by molar-refractivity contribution is 5.93. The number of fused-ring (bicyclic) bond motifs is 2. The van der Waals surface area contributed by atoms with Gasteiger partial charge in [0, 0.05) is 29.8 Å². The topological polar surface area (TPSA) is 48.0 Å². The predicted molar refractivity (Wildman–Crippen MR) is 124 cm³/mol. The zero-order chi connectivity index (χ0) is 24.6. The van der Waals surface area contributed by atoms with Crippen molar-refractivity contribution < 1.29 is 32.2 Å². The summed E-state index contributed by atoms with van der Waals surface area (Å²) < 4.78 is 58.3. The number of ether oxygens (including phenoxy) is 3. The lowest BCUT2D eigenvalue weighted by Crippen LogP contribution is -2.30. The van der Waals surface area contributed by atoms with Gasteiger partial charge in [0.05, 0.1) is 12.7 Å². The van der Waals surface area contributed by atoms with Crippen LogP contribution in [0.4, 0.5) is 13.2 Å². The summed E-state index contributed by atoms with van der Waals surface area (Å²) in [6.45, 7) is 2.26. The Hall–Kier alpha value is -3.00. The molecule has 2 aliphatic heterocycles. The fraction of sp³-hybridized carbons (Fsp3) is 0.444. The van der Waals surface area contributed by atoms with Crippen LogP contribution in [0, 0.1) is 0 Å². The van der Waals surface area contributed by atoms with E-state index in [0.717, 1.165) is 54.6 Å². The van der Waals surface area contributed by atoms with Gasteiger partial charge in [-0.2, -0.15) is 13.2 Å². The number of alkyl halides is 3. The lowest BCUT2D eigenvalue weighted by Gasteiger charge is -2.29. The lowest BCUT2D eigenvalue weighted by molar-refractivity contribution is -0.138. The van der Waals surface area contributed by atoms with Gasteiger partial charge in [-0.15, -0.1) is 0 Å². The Bertz CT molecular complexity index is 1150. The highest BCUT2D eigenvalue weighted by atomic mass is 19.4. The molecule has 1 saturated heterocycles. The molecule has 2 aromatic rings. The highest BCUT2D eigenvalue weighted by Gasteiger charge is 2.38. The molecule has 0 aromatic heterocycles. The predicted octanol–water partition coefficient (Wildman–Crippen LogP) is 5.71. The molecule has 5 rings (SSSR count). The quantitative estimate of drug-likeness (QED) is 0.400. The second kappa shape index (κ2) is 9.57. The zero-order valence-corrected chi connectivity index (χ0v) is 19.6. The SMILES string of the molecule is COC(=O)/C=C1\COc2cc(O[C@@H]3CCc4c3ccc(C(F)(F)F)c4CN3CCCCC3)ccc21. The maximum atomic E-state index is 13.9. The number of hydrogen-bond acceptors (Lipinski definition) is 5. The van der Waals surface area contributed by atoms with Crippen LogP contribution in [0.1, 0.15) is 59.6 Å². The Morgan fingerprint density at radius 2 is 1.97 bits per heavy atom. The van der Waals surface area contributed by atoms with E-state index >= 15 is 0 Å². The number of esters is 1. The van der Waals surface area contributed by atoms with Crippen molar-refractivity contribution >= 4 is 11.5 Å². The van der Waals surface area contributed by atoms with Gasteiger partial charge in [0.2, 0.25) is 0 Å². The number of hydrogen-bond donors (Lipinski definition) is 0. The lowest BCUT2D eigenvalue weighted by atomic mass is 9.95. The summed E-state index contributed by atoms with van der Waals surface area (Å²) >= 11 is 0. The monoisotopic (exact) mass is 487 g/mol. The Morgan fingerprint density at radius 1 is 1.17 bits per heavy atom. The van der Waals surface area contributed by atoms with Crippen LogP contribution >= 0.6 is 0 Å². The second-order valence-corrected chi connectivity index (χ2v) is 9.28. The molecular weight excluding hydrogens is 459 g/mol. The summed E-state index contributed by atoms with van der Waals surface area (Å²) in [6, 6.07) is 8.20. The number of nitrogens with zero attached hydrogens (tertiary/aromatic N) is 1. The van der Waals surface area contributed by atoms with Gasteiger partial charge in [-0.25, -0.2) is 4.79 Å². The van der Waals surface area contributed by atoms with Crippen LogP contribution in [0.2, 0.25) is 0 Å². The standard InChI is InChI=1S/C27H28F3NO4/c1-33-26(32)13-17-16-34-25-14-18(5-6-19(17)25)35-24-10-8-20-21(24)7-9-23(27(28,29)30)22(20)15-31-11-3-2-4-12-31/h5-7,9,13-14,24H,2-4,8,10-12,15-16H2,1H3/b17-13+/t24-/m1/s1. The minimum absolute atomic E-state index is 0.264. The van der Waals surface area contributed by atoms with Crippen molar-refractivity contribution in [3.05, 3.63) is 64.2 Å². The smallest absolute Gasteiger partial charge is 0.416 e. The van der Waals surface area contributed by atoms with Gasteiger partial charge < -0.3 is 14.2 Å². The maximum Gasteiger partial charge on any atom is 0.416 e. The van der Waals surface area contributed by atoms with E-state index in [9.17, 15) is 18.0 Å². The van der Waals surface area contributed by atoms with E-state index in [0.29, 0.717) is 36.4 Å². The van der Waals surface area contributed by atoms with Crippen molar-refractivity contribution in [3.63, 3.8) is 0 Å². The number of piperidine rings is 1. The van der Waals surface area contributed by atoms with Crippen molar-refractivity contribution in [2.45, 2.75) is 50.9 Å². The molecule has 0 N–H and O–H groups in total. The molecule has 0 bridgehead atoms. The van der Waals surface area contributed by atoms with Crippen molar-refractivity contribution in [3.8, 4) is 11.5 Å². The van der Waals surface area contributed by atoms with Gasteiger partial charge in [0.1, 0.15) is 24.2 Å². The summed E-state index contributed by atoms with van der Waals surface area (Å²) in [7, 11) is 1.32. The molecule has 0 saturated carbocycles. The van der Waals surface area contributed by atoms with Crippen LogP contribution in [-0.2, 0) is 28.7 Å². The van der Waals surface area contributed by atoms with Gasteiger partial charge in [0.15, 0.2) is 0 Å². The first-order valence-corrected chi connectivity index (χ1v) is 12.0. The molecule has 1 aliphatic carbocycles. The number of carbonyl (C=O) groups excluding carboxylic acids is 1. The van der Waals surface area contributed by atoms with Crippen LogP contribution < -0.4 is 9.47 Å². The minimum atomic E-state index is -4.38. The van der Waals surface area contributed by atoms with E-state index in [1.807, 2.05) is 6.07 Å². The molecule has 0 unspecified atom stereocenters. The van der Waals surface area contributed by atoms with E-state index in [4.69, 9.17) is 14.2 Å². The number of likely N-dealkylation sites (tertiary alicyclic amines) is 1. The van der Waals surface area contributed by atoms with Gasteiger partial charge in [0.25, 0.3) is 0 Å². The van der Waals surface area contributed by atoms with Gasteiger partial charge >= 0.3 is 12.1 Å². The second-order valence-electron chi connectivity index (χ2n) is 9.28. The first-order chi connectivity index (χ1) is 16.8. The Labute approximate surface area is 202 Å². The van der Waals surface area contributed by atoms with E-state index in [-0.39, 0.29) is 12.7 Å². The zero-order valence-electron chi connectivity index (χ0n) is 19.6. The van der Waals surface area contributed by atoms with E-state index in [2.05, 4.69) is 4.90 Å². The van der Waals surface area contributed by atoms with Gasteiger partial charge in [-0.05, 0) is 73.7 Å². The normalized spacial score (nSPS) is 20.9. The fourth-order valence-corrected chi connectivity index (χ4v) is 5.33. The molecule has 186 valence electrons. The average molecular weight is 488 g/mol. The minimum Gasteiger partial charge on any atom is -0.488 e. The molecule has 35 heavy (non-hydrogen) atoms. The van der Waals surface area contributed by atoms with Gasteiger partial charge in [-0.1, -0.05) is 12.5 Å². The molecule has 1 atom stereocenters. The van der Waals surface area contributed by atoms with Crippen LogP contribution in [0.5, 0.6) is 11.5 Å². The Morgan fingerprint density at radius 3 is 2.71 bits per heavy atom. The van der Waals surface area contributed by atoms with Crippen LogP contribution in [0.25, 0.3) is 5.57 Å². The number of benzene rings is 2. The largest absolute Gasteiger partial charge is 0.488 e.